The predicted octanol–water partition coefficient (Wildman–Crippen LogP) is 2.52. The van der Waals surface area contributed by atoms with E-state index >= 15 is 0 Å². The lowest BCUT2D eigenvalue weighted by atomic mass is 9.85. The van der Waals surface area contributed by atoms with Gasteiger partial charge >= 0.3 is 18.1 Å². The Morgan fingerprint density at radius 3 is 2.26 bits per heavy atom. The lowest BCUT2D eigenvalue weighted by Gasteiger charge is -2.20. The minimum absolute atomic E-state index is 0.229. The molecule has 0 saturated carbocycles. The van der Waals surface area contributed by atoms with Gasteiger partial charge in [-0.25, -0.2) is 4.79 Å². The number of carbonyl (C=O) groups is 2. The summed E-state index contributed by atoms with van der Waals surface area (Å²) >= 11 is 0. The first kappa shape index (κ1) is 15.0. The molecule has 0 heterocycles. The van der Waals surface area contributed by atoms with Crippen molar-refractivity contribution in [2.24, 2.45) is 0 Å². The molecule has 0 saturated heterocycles. The van der Waals surface area contributed by atoms with E-state index in [1.165, 1.54) is 26.0 Å². The second-order valence-electron chi connectivity index (χ2n) is 4.35. The Morgan fingerprint density at radius 2 is 1.79 bits per heavy atom. The molecule has 0 aliphatic carbocycles. The fourth-order valence-corrected chi connectivity index (χ4v) is 1.24. The zero-order chi connectivity index (χ0) is 14.8. The maximum Gasteiger partial charge on any atom is 0.491 e. The Balaban J connectivity index is 3.02. The number of carboxylic acid groups (broad SMARTS) is 1. The van der Waals surface area contributed by atoms with Crippen LogP contribution in [0.2, 0.25) is 0 Å². The minimum Gasteiger partial charge on any atom is -0.481 e. The number of carbonyl (C=O) groups excluding carboxylic acids is 1. The van der Waals surface area contributed by atoms with E-state index in [4.69, 9.17) is 5.11 Å². The standard InChI is InChI=1S/C12H11F3O4/c1-11(2,9(16)17)7-4-3-5-8(6-7)19-10(18)12(13,14)15/h3-6H,1-2H3,(H,16,17). The van der Waals surface area contributed by atoms with Gasteiger partial charge in [0.2, 0.25) is 0 Å². The summed E-state index contributed by atoms with van der Waals surface area (Å²) in [4.78, 5) is 21.7. The van der Waals surface area contributed by atoms with Gasteiger partial charge in [-0.3, -0.25) is 4.79 Å². The molecule has 1 rings (SSSR count). The number of halogens is 3. The number of hydrogen-bond donors (Lipinski definition) is 1. The molecule has 0 amide bonds. The van der Waals surface area contributed by atoms with Gasteiger partial charge in [0.25, 0.3) is 0 Å². The zero-order valence-electron chi connectivity index (χ0n) is 10.1. The Labute approximate surface area is 106 Å². The second-order valence-corrected chi connectivity index (χ2v) is 4.35. The molecule has 19 heavy (non-hydrogen) atoms. The van der Waals surface area contributed by atoms with E-state index in [1.54, 1.807) is 0 Å². The molecule has 0 aliphatic heterocycles. The van der Waals surface area contributed by atoms with Crippen molar-refractivity contribution in [2.45, 2.75) is 25.4 Å². The monoisotopic (exact) mass is 276 g/mol. The number of ether oxygens (including phenoxy) is 1. The molecule has 0 fully saturated rings. The molecule has 0 aliphatic rings. The number of aliphatic carboxylic acids is 1. The zero-order valence-corrected chi connectivity index (χ0v) is 10.1. The van der Waals surface area contributed by atoms with Crippen molar-refractivity contribution in [1.29, 1.82) is 0 Å². The number of benzene rings is 1. The van der Waals surface area contributed by atoms with Crippen LogP contribution in [0.15, 0.2) is 24.3 Å². The molecule has 7 heteroatoms. The first-order valence-electron chi connectivity index (χ1n) is 5.18. The quantitative estimate of drug-likeness (QED) is 0.680. The molecule has 0 aromatic heterocycles. The van der Waals surface area contributed by atoms with Gasteiger partial charge in [0.05, 0.1) is 5.41 Å². The Bertz CT molecular complexity index is 506. The minimum atomic E-state index is -5.10. The van der Waals surface area contributed by atoms with Crippen LogP contribution in [0, 0.1) is 0 Å². The van der Waals surface area contributed by atoms with Crippen molar-refractivity contribution in [1.82, 2.24) is 0 Å². The van der Waals surface area contributed by atoms with E-state index in [-0.39, 0.29) is 11.3 Å². The van der Waals surface area contributed by atoms with E-state index in [0.717, 1.165) is 12.1 Å². The smallest absolute Gasteiger partial charge is 0.481 e. The highest BCUT2D eigenvalue weighted by Gasteiger charge is 2.41. The van der Waals surface area contributed by atoms with Gasteiger partial charge in [0, 0.05) is 0 Å². The SMILES string of the molecule is CC(C)(C(=O)O)c1cccc(OC(=O)C(F)(F)F)c1. The van der Waals surface area contributed by atoms with Crippen LogP contribution >= 0.6 is 0 Å². The number of rotatable bonds is 3. The Kier molecular flexibility index (Phi) is 3.88. The van der Waals surface area contributed by atoms with Crippen LogP contribution in [-0.4, -0.2) is 23.2 Å². The van der Waals surface area contributed by atoms with E-state index in [0.29, 0.717) is 0 Å². The third-order valence-electron chi connectivity index (χ3n) is 2.53. The molecule has 0 spiro atoms. The molecular formula is C12H11F3O4. The molecule has 104 valence electrons. The maximum atomic E-state index is 12.0. The fraction of sp³-hybridized carbons (Fsp3) is 0.333. The molecule has 1 N–H and O–H groups in total. The Hall–Kier alpha value is -2.05. The highest BCUT2D eigenvalue weighted by atomic mass is 19.4. The van der Waals surface area contributed by atoms with Crippen LogP contribution in [0.5, 0.6) is 5.75 Å². The third-order valence-corrected chi connectivity index (χ3v) is 2.53. The van der Waals surface area contributed by atoms with Crippen LogP contribution in [0.3, 0.4) is 0 Å². The molecule has 4 nitrogen and oxygen atoms in total. The van der Waals surface area contributed by atoms with Crippen LogP contribution in [0.1, 0.15) is 19.4 Å². The molecule has 0 unspecified atom stereocenters. The summed E-state index contributed by atoms with van der Waals surface area (Å²) in [6.07, 6.45) is -5.10. The average molecular weight is 276 g/mol. The van der Waals surface area contributed by atoms with E-state index in [1.807, 2.05) is 0 Å². The summed E-state index contributed by atoms with van der Waals surface area (Å²) in [5, 5.41) is 9.01. The van der Waals surface area contributed by atoms with Gasteiger partial charge in [-0.1, -0.05) is 12.1 Å². The van der Waals surface area contributed by atoms with Crippen molar-refractivity contribution in [3.05, 3.63) is 29.8 Å². The van der Waals surface area contributed by atoms with E-state index in [9.17, 15) is 22.8 Å². The highest BCUT2D eigenvalue weighted by molar-refractivity contribution is 5.81. The fourth-order valence-electron chi connectivity index (χ4n) is 1.24. The first-order valence-corrected chi connectivity index (χ1v) is 5.18. The summed E-state index contributed by atoms with van der Waals surface area (Å²) in [6.45, 7) is 2.78. The summed E-state index contributed by atoms with van der Waals surface area (Å²) in [5.74, 6) is -3.85. The summed E-state index contributed by atoms with van der Waals surface area (Å²) in [5.41, 5.74) is -1.08. The molecular weight excluding hydrogens is 265 g/mol. The molecule has 0 atom stereocenters. The second kappa shape index (κ2) is 4.91. The lowest BCUT2D eigenvalue weighted by molar-refractivity contribution is -0.189. The average Bonchev–Trinajstić information content (AvgIpc) is 2.27. The van der Waals surface area contributed by atoms with Gasteiger partial charge < -0.3 is 9.84 Å². The van der Waals surface area contributed by atoms with Crippen LogP contribution in [0.4, 0.5) is 13.2 Å². The number of hydrogen-bond acceptors (Lipinski definition) is 3. The lowest BCUT2D eigenvalue weighted by Crippen LogP contribution is -2.29. The van der Waals surface area contributed by atoms with Gasteiger partial charge in [-0.05, 0) is 31.5 Å². The highest BCUT2D eigenvalue weighted by Crippen LogP contribution is 2.28. The van der Waals surface area contributed by atoms with Crippen LogP contribution in [-0.2, 0) is 15.0 Å². The summed E-state index contributed by atoms with van der Waals surface area (Å²) in [6, 6.07) is 4.99. The molecule has 0 bridgehead atoms. The number of esters is 1. The van der Waals surface area contributed by atoms with Gasteiger partial charge in [-0.15, -0.1) is 0 Å². The molecule has 1 aromatic rings. The van der Waals surface area contributed by atoms with Crippen LogP contribution in [0.25, 0.3) is 0 Å². The van der Waals surface area contributed by atoms with E-state index < -0.39 is 23.5 Å². The largest absolute Gasteiger partial charge is 0.491 e. The van der Waals surface area contributed by atoms with Crippen molar-refractivity contribution >= 4 is 11.9 Å². The van der Waals surface area contributed by atoms with E-state index in [2.05, 4.69) is 4.74 Å². The van der Waals surface area contributed by atoms with Gasteiger partial charge in [0.1, 0.15) is 5.75 Å². The van der Waals surface area contributed by atoms with Crippen molar-refractivity contribution < 1.29 is 32.6 Å². The summed E-state index contributed by atoms with van der Waals surface area (Å²) < 4.78 is 40.2. The van der Waals surface area contributed by atoms with Crippen molar-refractivity contribution in [3.63, 3.8) is 0 Å². The number of carboxylic acids is 1. The van der Waals surface area contributed by atoms with Crippen molar-refractivity contribution in [2.75, 3.05) is 0 Å². The van der Waals surface area contributed by atoms with Gasteiger partial charge in [-0.2, -0.15) is 13.2 Å². The molecule has 1 aromatic carbocycles. The number of alkyl halides is 3. The normalized spacial score (nSPS) is 12.1. The topological polar surface area (TPSA) is 63.6 Å². The Morgan fingerprint density at radius 1 is 1.21 bits per heavy atom. The maximum absolute atomic E-state index is 12.0. The first-order chi connectivity index (χ1) is 8.55. The summed E-state index contributed by atoms with van der Waals surface area (Å²) in [7, 11) is 0. The predicted molar refractivity (Wildman–Crippen MR) is 58.8 cm³/mol. The van der Waals surface area contributed by atoms with Gasteiger partial charge in [0.15, 0.2) is 0 Å². The third kappa shape index (κ3) is 3.46. The van der Waals surface area contributed by atoms with Crippen LogP contribution < -0.4 is 4.74 Å². The van der Waals surface area contributed by atoms with Crippen molar-refractivity contribution in [3.8, 4) is 5.75 Å². The molecule has 0 radical (unpaired) electrons.